The number of hydrogen-bond acceptors (Lipinski definition) is 5. The molecule has 3 atom stereocenters. The molecule has 1 saturated heterocycles. The SMILES string of the molecule is Cc1ccc(S(=O)(=O)N2[C@H](COS(C)(=O)=O)[C@H]2c2ccccc2)cc1. The summed E-state index contributed by atoms with van der Waals surface area (Å²) in [6, 6.07) is 14.7. The van der Waals surface area contributed by atoms with Gasteiger partial charge in [-0.3, -0.25) is 4.18 Å². The molecule has 6 nitrogen and oxygen atoms in total. The lowest BCUT2D eigenvalue weighted by Gasteiger charge is -2.07. The standard InChI is InChI=1S/C17H19NO5S2/c1-13-8-10-15(11-9-13)25(21,22)18-16(12-23-24(2,19)20)17(18)14-6-4-3-5-7-14/h3-11,16-17H,12H2,1-2H3/t16-,17-,18?/m1/s1. The van der Waals surface area contributed by atoms with Crippen LogP contribution in [0.1, 0.15) is 17.2 Å². The Balaban J connectivity index is 1.92. The molecule has 1 aliphatic heterocycles. The molecule has 1 unspecified atom stereocenters. The van der Waals surface area contributed by atoms with E-state index in [4.69, 9.17) is 4.18 Å². The van der Waals surface area contributed by atoms with Crippen LogP contribution in [0.2, 0.25) is 0 Å². The summed E-state index contributed by atoms with van der Waals surface area (Å²) in [6.07, 6.45) is 0.950. The van der Waals surface area contributed by atoms with Gasteiger partial charge in [0.05, 0.1) is 29.8 Å². The van der Waals surface area contributed by atoms with Crippen LogP contribution in [0.5, 0.6) is 0 Å². The Labute approximate surface area is 148 Å². The Morgan fingerprint density at radius 1 is 0.960 bits per heavy atom. The number of sulfonamides is 1. The summed E-state index contributed by atoms with van der Waals surface area (Å²) < 4.78 is 54.6. The maximum Gasteiger partial charge on any atom is 0.264 e. The molecule has 8 heteroatoms. The van der Waals surface area contributed by atoms with Gasteiger partial charge in [0.15, 0.2) is 0 Å². The van der Waals surface area contributed by atoms with Crippen molar-refractivity contribution in [2.45, 2.75) is 23.9 Å². The lowest BCUT2D eigenvalue weighted by Crippen LogP contribution is -2.18. The highest BCUT2D eigenvalue weighted by molar-refractivity contribution is 7.89. The first-order valence-corrected chi connectivity index (χ1v) is 11.0. The van der Waals surface area contributed by atoms with E-state index in [0.717, 1.165) is 17.4 Å². The molecule has 1 heterocycles. The molecule has 0 bridgehead atoms. The number of rotatable bonds is 6. The molecule has 134 valence electrons. The summed E-state index contributed by atoms with van der Waals surface area (Å²) in [5.41, 5.74) is 1.77. The highest BCUT2D eigenvalue weighted by Gasteiger charge is 2.56. The first kappa shape index (κ1) is 18.1. The molecule has 2 aromatic rings. The summed E-state index contributed by atoms with van der Waals surface area (Å²) in [4.78, 5) is 0.181. The van der Waals surface area contributed by atoms with E-state index < -0.39 is 32.2 Å². The summed E-state index contributed by atoms with van der Waals surface area (Å²) in [6.45, 7) is 1.67. The molecule has 0 aliphatic carbocycles. The predicted molar refractivity (Wildman–Crippen MR) is 94.0 cm³/mol. The van der Waals surface area contributed by atoms with Gasteiger partial charge in [-0.05, 0) is 24.6 Å². The van der Waals surface area contributed by atoms with Gasteiger partial charge in [0.2, 0.25) is 10.0 Å². The molecule has 0 saturated carbocycles. The average Bonchev–Trinajstić information content (AvgIpc) is 3.29. The molecule has 0 spiro atoms. The van der Waals surface area contributed by atoms with Gasteiger partial charge in [-0.15, -0.1) is 0 Å². The number of aryl methyl sites for hydroxylation is 1. The van der Waals surface area contributed by atoms with Crippen molar-refractivity contribution in [3.05, 3.63) is 65.7 Å². The molecule has 1 fully saturated rings. The van der Waals surface area contributed by atoms with Gasteiger partial charge in [-0.25, -0.2) is 8.42 Å². The fourth-order valence-corrected chi connectivity index (χ4v) is 4.94. The molecular formula is C17H19NO5S2. The minimum absolute atomic E-state index is 0.181. The second-order valence-electron chi connectivity index (χ2n) is 6.06. The zero-order valence-corrected chi connectivity index (χ0v) is 15.5. The summed E-state index contributed by atoms with van der Waals surface area (Å²) in [7, 11) is -7.38. The maximum atomic E-state index is 12.9. The van der Waals surface area contributed by atoms with Crippen LogP contribution < -0.4 is 0 Å². The van der Waals surface area contributed by atoms with Crippen LogP contribution in [0.4, 0.5) is 0 Å². The van der Waals surface area contributed by atoms with Gasteiger partial charge in [0.25, 0.3) is 10.1 Å². The van der Waals surface area contributed by atoms with Gasteiger partial charge >= 0.3 is 0 Å². The summed E-state index contributed by atoms with van der Waals surface area (Å²) in [5, 5.41) is 0. The number of nitrogens with zero attached hydrogens (tertiary/aromatic N) is 1. The largest absolute Gasteiger partial charge is 0.269 e. The first-order valence-electron chi connectivity index (χ1n) is 7.70. The maximum absolute atomic E-state index is 12.9. The minimum atomic E-state index is -3.74. The molecule has 3 rings (SSSR count). The van der Waals surface area contributed by atoms with Crippen molar-refractivity contribution in [1.29, 1.82) is 0 Å². The molecule has 25 heavy (non-hydrogen) atoms. The first-order chi connectivity index (χ1) is 11.7. The van der Waals surface area contributed by atoms with Crippen LogP contribution in [0, 0.1) is 6.92 Å². The molecular weight excluding hydrogens is 362 g/mol. The third kappa shape index (κ3) is 3.92. The highest BCUT2D eigenvalue weighted by Crippen LogP contribution is 2.47. The summed E-state index contributed by atoms with van der Waals surface area (Å²) >= 11 is 0. The van der Waals surface area contributed by atoms with Crippen LogP contribution >= 0.6 is 0 Å². The molecule has 0 aromatic heterocycles. The lowest BCUT2D eigenvalue weighted by molar-refractivity contribution is 0.313. The second-order valence-corrected chi connectivity index (χ2v) is 9.55. The van der Waals surface area contributed by atoms with Crippen molar-refractivity contribution in [2.24, 2.45) is 0 Å². The quantitative estimate of drug-likeness (QED) is 0.565. The highest BCUT2D eigenvalue weighted by atomic mass is 32.2. The predicted octanol–water partition coefficient (Wildman–Crippen LogP) is 2.09. The van der Waals surface area contributed by atoms with Crippen molar-refractivity contribution in [2.75, 3.05) is 12.9 Å². The van der Waals surface area contributed by atoms with Crippen LogP contribution in [-0.2, 0) is 24.3 Å². The Morgan fingerprint density at radius 3 is 2.12 bits per heavy atom. The van der Waals surface area contributed by atoms with Crippen LogP contribution in [-0.4, -0.2) is 40.0 Å². The van der Waals surface area contributed by atoms with E-state index in [1.54, 1.807) is 24.3 Å². The van der Waals surface area contributed by atoms with Gasteiger partial charge in [0.1, 0.15) is 0 Å². The zero-order valence-electron chi connectivity index (χ0n) is 13.9. The van der Waals surface area contributed by atoms with E-state index in [2.05, 4.69) is 0 Å². The van der Waals surface area contributed by atoms with Crippen molar-refractivity contribution >= 4 is 20.1 Å². The van der Waals surface area contributed by atoms with E-state index in [-0.39, 0.29) is 11.5 Å². The van der Waals surface area contributed by atoms with Crippen molar-refractivity contribution in [3.63, 3.8) is 0 Å². The monoisotopic (exact) mass is 381 g/mol. The van der Waals surface area contributed by atoms with E-state index in [0.29, 0.717) is 0 Å². The van der Waals surface area contributed by atoms with E-state index in [1.165, 1.54) is 4.31 Å². The Kier molecular flexibility index (Phi) is 4.72. The molecule has 1 aliphatic rings. The van der Waals surface area contributed by atoms with Crippen molar-refractivity contribution in [1.82, 2.24) is 4.31 Å². The van der Waals surface area contributed by atoms with Gasteiger partial charge in [-0.1, -0.05) is 48.0 Å². The van der Waals surface area contributed by atoms with Crippen molar-refractivity contribution in [3.8, 4) is 0 Å². The zero-order chi connectivity index (χ0) is 18.2. The number of hydrogen-bond donors (Lipinski definition) is 0. The normalized spacial score (nSPS) is 23.4. The third-order valence-electron chi connectivity index (χ3n) is 4.07. The third-order valence-corrected chi connectivity index (χ3v) is 6.55. The number of benzene rings is 2. The minimum Gasteiger partial charge on any atom is -0.269 e. The van der Waals surface area contributed by atoms with Crippen LogP contribution in [0.3, 0.4) is 0 Å². The Bertz CT molecular complexity index is 954. The average molecular weight is 381 g/mol. The fourth-order valence-electron chi connectivity index (χ4n) is 2.79. The molecule has 0 N–H and O–H groups in total. The van der Waals surface area contributed by atoms with Crippen molar-refractivity contribution < 1.29 is 21.0 Å². The smallest absolute Gasteiger partial charge is 0.264 e. The van der Waals surface area contributed by atoms with E-state index in [9.17, 15) is 16.8 Å². The van der Waals surface area contributed by atoms with Crippen LogP contribution in [0.15, 0.2) is 59.5 Å². The second kappa shape index (κ2) is 6.53. The Hall–Kier alpha value is -1.74. The van der Waals surface area contributed by atoms with Gasteiger partial charge < -0.3 is 0 Å². The van der Waals surface area contributed by atoms with Gasteiger partial charge in [0, 0.05) is 0 Å². The van der Waals surface area contributed by atoms with E-state index >= 15 is 0 Å². The van der Waals surface area contributed by atoms with Gasteiger partial charge in [-0.2, -0.15) is 12.7 Å². The van der Waals surface area contributed by atoms with Crippen LogP contribution in [0.25, 0.3) is 0 Å². The summed E-state index contributed by atoms with van der Waals surface area (Å²) in [5.74, 6) is 0. The topological polar surface area (TPSA) is 80.5 Å². The van der Waals surface area contributed by atoms with E-state index in [1.807, 2.05) is 37.3 Å². The lowest BCUT2D eigenvalue weighted by atomic mass is 10.1. The Morgan fingerprint density at radius 2 is 1.56 bits per heavy atom. The fraction of sp³-hybridized carbons (Fsp3) is 0.294. The molecule has 0 amide bonds. The molecule has 0 radical (unpaired) electrons. The molecule has 2 aromatic carbocycles.